The molecule has 0 bridgehead atoms. The summed E-state index contributed by atoms with van der Waals surface area (Å²) in [6, 6.07) is 1.96. The van der Waals surface area contributed by atoms with Gasteiger partial charge in [-0.3, -0.25) is 0 Å². The van der Waals surface area contributed by atoms with Gasteiger partial charge in [0.2, 0.25) is 0 Å². The van der Waals surface area contributed by atoms with Gasteiger partial charge >= 0.3 is 0 Å². The molecule has 0 N–H and O–H groups in total. The van der Waals surface area contributed by atoms with Gasteiger partial charge in [-0.2, -0.15) is 4.31 Å². The van der Waals surface area contributed by atoms with E-state index in [9.17, 15) is 8.42 Å². The van der Waals surface area contributed by atoms with Crippen LogP contribution >= 0.6 is 0 Å². The van der Waals surface area contributed by atoms with Gasteiger partial charge in [0.05, 0.1) is 6.20 Å². The molecule has 0 spiro atoms. The maximum atomic E-state index is 12.7. The molecular formula is C16H23N7O2S. The third kappa shape index (κ3) is 3.18. The predicted octanol–water partition coefficient (Wildman–Crippen LogP) is 0.774. The highest BCUT2D eigenvalue weighted by molar-refractivity contribution is 7.89. The average molecular weight is 377 g/mol. The van der Waals surface area contributed by atoms with Crippen LogP contribution in [0.5, 0.6) is 0 Å². The van der Waals surface area contributed by atoms with Crippen LogP contribution in [0.15, 0.2) is 23.5 Å². The van der Waals surface area contributed by atoms with E-state index in [2.05, 4.69) is 20.2 Å². The number of sulfonamides is 1. The summed E-state index contributed by atoms with van der Waals surface area (Å²) >= 11 is 0. The summed E-state index contributed by atoms with van der Waals surface area (Å²) < 4.78 is 28.3. The Hall–Kier alpha value is -2.07. The fraction of sp³-hybridized carbons (Fsp3) is 0.625. The van der Waals surface area contributed by atoms with Gasteiger partial charge in [-0.1, -0.05) is 5.21 Å². The van der Waals surface area contributed by atoms with Crippen molar-refractivity contribution in [3.8, 4) is 0 Å². The van der Waals surface area contributed by atoms with Gasteiger partial charge < -0.3 is 4.90 Å². The number of piperidine rings is 1. The van der Waals surface area contributed by atoms with Crippen molar-refractivity contribution in [1.82, 2.24) is 29.3 Å². The van der Waals surface area contributed by atoms with Crippen LogP contribution in [0.25, 0.3) is 0 Å². The van der Waals surface area contributed by atoms with E-state index in [1.54, 1.807) is 7.05 Å². The van der Waals surface area contributed by atoms with Crippen molar-refractivity contribution in [3.63, 3.8) is 0 Å². The number of nitrogens with zero attached hydrogens (tertiary/aromatic N) is 7. The van der Waals surface area contributed by atoms with Crippen LogP contribution in [-0.2, 0) is 17.1 Å². The molecule has 2 aliphatic rings. The Kier molecular flexibility index (Phi) is 4.62. The highest BCUT2D eigenvalue weighted by Crippen LogP contribution is 2.29. The third-order valence-electron chi connectivity index (χ3n) is 5.19. The minimum atomic E-state index is -3.55. The molecule has 2 saturated heterocycles. The molecular weight excluding hydrogens is 354 g/mol. The topological polar surface area (TPSA) is 97.1 Å². The van der Waals surface area contributed by atoms with Crippen molar-refractivity contribution < 1.29 is 8.42 Å². The first-order chi connectivity index (χ1) is 12.6. The van der Waals surface area contributed by atoms with Crippen molar-refractivity contribution in [3.05, 3.63) is 24.3 Å². The zero-order valence-corrected chi connectivity index (χ0v) is 15.6. The molecule has 0 unspecified atom stereocenters. The zero-order chi connectivity index (χ0) is 18.1. The van der Waals surface area contributed by atoms with Crippen molar-refractivity contribution in [1.29, 1.82) is 0 Å². The van der Waals surface area contributed by atoms with E-state index in [0.29, 0.717) is 25.9 Å². The smallest absolute Gasteiger partial charge is 0.261 e. The summed E-state index contributed by atoms with van der Waals surface area (Å²) in [6.45, 7) is 3.00. The maximum Gasteiger partial charge on any atom is 0.261 e. The van der Waals surface area contributed by atoms with E-state index in [1.807, 2.05) is 12.3 Å². The molecule has 0 aromatic carbocycles. The molecule has 0 radical (unpaired) electrons. The highest BCUT2D eigenvalue weighted by Gasteiger charge is 2.33. The van der Waals surface area contributed by atoms with Gasteiger partial charge in [0.1, 0.15) is 11.6 Å². The number of aromatic nitrogens is 5. The van der Waals surface area contributed by atoms with Gasteiger partial charge in [-0.25, -0.2) is 23.1 Å². The molecule has 0 amide bonds. The number of aryl methyl sites for hydroxylation is 1. The Morgan fingerprint density at radius 1 is 1.12 bits per heavy atom. The molecule has 2 fully saturated rings. The summed E-state index contributed by atoms with van der Waals surface area (Å²) in [6.07, 6.45) is 6.96. The summed E-state index contributed by atoms with van der Waals surface area (Å²) in [5.74, 6) is 2.01. The summed E-state index contributed by atoms with van der Waals surface area (Å²) in [5, 5.41) is 7.53. The molecule has 0 saturated carbocycles. The second-order valence-electron chi connectivity index (χ2n) is 6.84. The van der Waals surface area contributed by atoms with E-state index in [1.165, 1.54) is 28.0 Å². The van der Waals surface area contributed by atoms with Crippen LogP contribution in [0.4, 0.5) is 5.82 Å². The molecule has 2 aliphatic heterocycles. The number of rotatable bonds is 4. The molecule has 2 aromatic heterocycles. The van der Waals surface area contributed by atoms with E-state index >= 15 is 0 Å². The minimum absolute atomic E-state index is 0.128. The lowest BCUT2D eigenvalue weighted by atomic mass is 9.97. The maximum absolute atomic E-state index is 12.7. The van der Waals surface area contributed by atoms with Crippen molar-refractivity contribution in [2.75, 3.05) is 31.1 Å². The Bertz CT molecular complexity index is 868. The largest absolute Gasteiger partial charge is 0.357 e. The van der Waals surface area contributed by atoms with Gasteiger partial charge in [0.25, 0.3) is 10.0 Å². The third-order valence-corrected chi connectivity index (χ3v) is 7.13. The normalized spacial score (nSPS) is 20.0. The van der Waals surface area contributed by atoms with Crippen LogP contribution in [0.3, 0.4) is 0 Å². The van der Waals surface area contributed by atoms with Gasteiger partial charge in [0, 0.05) is 45.3 Å². The molecule has 10 heteroatoms. The van der Waals surface area contributed by atoms with Gasteiger partial charge in [-0.05, 0) is 31.7 Å². The van der Waals surface area contributed by atoms with Crippen LogP contribution in [0.1, 0.15) is 37.4 Å². The second-order valence-corrected chi connectivity index (χ2v) is 8.73. The van der Waals surface area contributed by atoms with Crippen LogP contribution < -0.4 is 4.90 Å². The summed E-state index contributed by atoms with van der Waals surface area (Å²) in [5.41, 5.74) is 0. The van der Waals surface area contributed by atoms with Crippen LogP contribution in [0, 0.1) is 0 Å². The van der Waals surface area contributed by atoms with Gasteiger partial charge in [0.15, 0.2) is 5.03 Å². The van der Waals surface area contributed by atoms with E-state index in [4.69, 9.17) is 4.98 Å². The molecule has 2 aromatic rings. The Balaban J connectivity index is 1.45. The first-order valence-corrected chi connectivity index (χ1v) is 10.4. The number of anilines is 1. The standard InChI is InChI=1S/C16H23N7O2S/c1-21-15(12-18-20-21)26(24,25)23-10-5-13(6-11-23)16-17-7-4-14(19-16)22-8-2-3-9-22/h4,7,12-13H,2-3,5-6,8-11H2,1H3. The fourth-order valence-corrected chi connectivity index (χ4v) is 5.19. The SMILES string of the molecule is Cn1nncc1S(=O)(=O)N1CCC(c2nccc(N3CCCC3)n2)CC1. The quantitative estimate of drug-likeness (QED) is 0.776. The van der Waals surface area contributed by atoms with Gasteiger partial charge in [-0.15, -0.1) is 5.10 Å². The van der Waals surface area contributed by atoms with E-state index < -0.39 is 10.0 Å². The first kappa shape index (κ1) is 17.3. The Morgan fingerprint density at radius 2 is 1.85 bits per heavy atom. The van der Waals surface area contributed by atoms with Crippen molar-refractivity contribution in [2.24, 2.45) is 7.05 Å². The monoisotopic (exact) mass is 377 g/mol. The Labute approximate surface area is 153 Å². The van der Waals surface area contributed by atoms with E-state index in [-0.39, 0.29) is 10.9 Å². The van der Waals surface area contributed by atoms with Crippen LogP contribution in [-0.4, -0.2) is 63.9 Å². The van der Waals surface area contributed by atoms with Crippen molar-refractivity contribution in [2.45, 2.75) is 36.6 Å². The summed E-state index contributed by atoms with van der Waals surface area (Å²) in [4.78, 5) is 11.5. The minimum Gasteiger partial charge on any atom is -0.357 e. The molecule has 0 aliphatic carbocycles. The highest BCUT2D eigenvalue weighted by atomic mass is 32.2. The molecule has 9 nitrogen and oxygen atoms in total. The lowest BCUT2D eigenvalue weighted by Crippen LogP contribution is -2.39. The molecule has 4 rings (SSSR count). The second kappa shape index (κ2) is 6.92. The molecule has 0 atom stereocenters. The van der Waals surface area contributed by atoms with Crippen molar-refractivity contribution >= 4 is 15.8 Å². The predicted molar refractivity (Wildman–Crippen MR) is 95.2 cm³/mol. The zero-order valence-electron chi connectivity index (χ0n) is 14.8. The molecule has 26 heavy (non-hydrogen) atoms. The Morgan fingerprint density at radius 3 is 2.50 bits per heavy atom. The average Bonchev–Trinajstić information content (AvgIpc) is 3.34. The van der Waals surface area contributed by atoms with Crippen LogP contribution in [0.2, 0.25) is 0 Å². The van der Waals surface area contributed by atoms with E-state index in [0.717, 1.165) is 24.7 Å². The lowest BCUT2D eigenvalue weighted by molar-refractivity contribution is 0.311. The lowest BCUT2D eigenvalue weighted by Gasteiger charge is -2.30. The first-order valence-electron chi connectivity index (χ1n) is 8.98. The number of hydrogen-bond acceptors (Lipinski definition) is 7. The number of hydrogen-bond donors (Lipinski definition) is 0. The molecule has 4 heterocycles. The molecule has 140 valence electrons. The summed E-state index contributed by atoms with van der Waals surface area (Å²) in [7, 11) is -1.97. The fourth-order valence-electron chi connectivity index (χ4n) is 3.68.